The molecule has 0 fully saturated rings. The van der Waals surface area contributed by atoms with Crippen LogP contribution in [0.2, 0.25) is 0 Å². The van der Waals surface area contributed by atoms with Crippen LogP contribution in [0.1, 0.15) is 86.0 Å². The van der Waals surface area contributed by atoms with Gasteiger partial charge in [0.2, 0.25) is 0 Å². The lowest BCUT2D eigenvalue weighted by Gasteiger charge is -2.01. The molecule has 0 amide bonds. The third-order valence-electron chi connectivity index (χ3n) is 2.70. The monoisotopic (exact) mass is 232 g/mol. The van der Waals surface area contributed by atoms with Crippen molar-refractivity contribution in [3.63, 3.8) is 0 Å². The Hall–Kier alpha value is -0.0400. The molecule has 0 aliphatic heterocycles. The highest BCUT2D eigenvalue weighted by molar-refractivity contribution is 4.46. The number of rotatable bonds is 11. The zero-order valence-corrected chi connectivity index (χ0v) is 10.2. The predicted molar refractivity (Wildman–Crippen MR) is 77.2 cm³/mol. The van der Waals surface area contributed by atoms with Crippen LogP contribution in [0, 0.1) is 0 Å². The fourth-order valence-electron chi connectivity index (χ4n) is 1.73. The van der Waals surface area contributed by atoms with Crippen LogP contribution >= 0.6 is 0 Å². The molecule has 0 radical (unpaired) electrons. The van der Waals surface area contributed by atoms with Crippen molar-refractivity contribution in [3.05, 3.63) is 0 Å². The van der Waals surface area contributed by atoms with Gasteiger partial charge in [-0.15, -0.1) is 0 Å². The second kappa shape index (κ2) is 20.4. The zero-order chi connectivity index (χ0) is 10.5. The molecule has 0 saturated carbocycles. The first-order chi connectivity index (χ1) is 6.91. The molecule has 16 heavy (non-hydrogen) atoms. The average molecular weight is 232 g/mol. The summed E-state index contributed by atoms with van der Waals surface area (Å²) >= 11 is 0. The minimum absolute atomic E-state index is 0. The quantitative estimate of drug-likeness (QED) is 0.407. The Kier molecular flexibility index (Phi) is 27.1. The molecular formula is C15H36O. The van der Waals surface area contributed by atoms with E-state index in [1.165, 1.54) is 64.2 Å². The van der Waals surface area contributed by atoms with Gasteiger partial charge in [-0.3, -0.25) is 0 Å². The molecular weight excluding hydrogens is 196 g/mol. The van der Waals surface area contributed by atoms with Gasteiger partial charge in [0, 0.05) is 13.7 Å². The van der Waals surface area contributed by atoms with Gasteiger partial charge in [0.25, 0.3) is 0 Å². The first kappa shape index (κ1) is 21.3. The predicted octanol–water partition coefficient (Wildman–Crippen LogP) is 5.83. The molecule has 0 rings (SSSR count). The number of hydrogen-bond donors (Lipinski definition) is 0. The van der Waals surface area contributed by atoms with Gasteiger partial charge in [0.15, 0.2) is 0 Å². The van der Waals surface area contributed by atoms with Crippen LogP contribution in [0.25, 0.3) is 0 Å². The van der Waals surface area contributed by atoms with Gasteiger partial charge in [-0.2, -0.15) is 0 Å². The summed E-state index contributed by atoms with van der Waals surface area (Å²) in [4.78, 5) is 0. The van der Waals surface area contributed by atoms with Crippen LogP contribution in [-0.4, -0.2) is 13.7 Å². The highest BCUT2D eigenvalue weighted by Gasteiger charge is 1.91. The second-order valence-corrected chi connectivity index (χ2v) is 4.17. The molecule has 0 bridgehead atoms. The first-order valence-corrected chi connectivity index (χ1v) is 6.40. The van der Waals surface area contributed by atoms with Gasteiger partial charge in [0.1, 0.15) is 0 Å². The molecule has 1 heteroatoms. The molecule has 0 unspecified atom stereocenters. The van der Waals surface area contributed by atoms with Gasteiger partial charge >= 0.3 is 0 Å². The average Bonchev–Trinajstić information content (AvgIpc) is 2.21. The Balaban J connectivity index is -0.000000845. The third-order valence-corrected chi connectivity index (χ3v) is 2.70. The van der Waals surface area contributed by atoms with E-state index < -0.39 is 0 Å². The molecule has 0 atom stereocenters. The van der Waals surface area contributed by atoms with Crippen molar-refractivity contribution in [2.75, 3.05) is 13.7 Å². The Morgan fingerprint density at radius 1 is 0.625 bits per heavy atom. The van der Waals surface area contributed by atoms with Crippen LogP contribution in [0.5, 0.6) is 0 Å². The van der Waals surface area contributed by atoms with E-state index in [0.717, 1.165) is 6.61 Å². The summed E-state index contributed by atoms with van der Waals surface area (Å²) in [6.45, 7) is 3.21. The number of unbranched alkanes of at least 4 members (excludes halogenated alkanes) is 9. The Morgan fingerprint density at radius 3 is 1.38 bits per heavy atom. The topological polar surface area (TPSA) is 9.23 Å². The van der Waals surface area contributed by atoms with Gasteiger partial charge in [0.05, 0.1) is 0 Å². The summed E-state index contributed by atoms with van der Waals surface area (Å²) in [5, 5.41) is 0. The normalized spacial score (nSPS) is 9.38. The molecule has 1 nitrogen and oxygen atoms in total. The lowest BCUT2D eigenvalue weighted by Crippen LogP contribution is -1.88. The minimum Gasteiger partial charge on any atom is -0.385 e. The summed E-state index contributed by atoms with van der Waals surface area (Å²) in [6, 6.07) is 0. The fraction of sp³-hybridized carbons (Fsp3) is 1.00. The molecule has 0 N–H and O–H groups in total. The third kappa shape index (κ3) is 19.5. The van der Waals surface area contributed by atoms with E-state index in [9.17, 15) is 0 Å². The molecule has 0 heterocycles. The SMILES string of the molecule is C.C.CCCCCCCCCCCCOC. The number of ether oxygens (including phenoxy) is 1. The van der Waals surface area contributed by atoms with E-state index in [1.54, 1.807) is 7.11 Å². The molecule has 0 aliphatic carbocycles. The highest BCUT2D eigenvalue weighted by Crippen LogP contribution is 2.10. The van der Waals surface area contributed by atoms with Crippen molar-refractivity contribution in [2.45, 2.75) is 86.0 Å². The van der Waals surface area contributed by atoms with Crippen molar-refractivity contribution < 1.29 is 4.74 Å². The number of methoxy groups -OCH3 is 1. The highest BCUT2D eigenvalue weighted by atomic mass is 16.5. The van der Waals surface area contributed by atoms with Crippen LogP contribution in [0.3, 0.4) is 0 Å². The van der Waals surface area contributed by atoms with Gasteiger partial charge in [-0.05, 0) is 6.42 Å². The Bertz CT molecular complexity index is 79.4. The number of hydrogen-bond acceptors (Lipinski definition) is 1. The van der Waals surface area contributed by atoms with Crippen molar-refractivity contribution in [1.29, 1.82) is 0 Å². The van der Waals surface area contributed by atoms with Crippen LogP contribution in [0.15, 0.2) is 0 Å². The van der Waals surface area contributed by atoms with Crippen molar-refractivity contribution in [2.24, 2.45) is 0 Å². The molecule has 0 aromatic carbocycles. The lowest BCUT2D eigenvalue weighted by atomic mass is 10.1. The van der Waals surface area contributed by atoms with Crippen LogP contribution < -0.4 is 0 Å². The summed E-state index contributed by atoms with van der Waals surface area (Å²) < 4.78 is 5.01. The largest absolute Gasteiger partial charge is 0.385 e. The van der Waals surface area contributed by atoms with Crippen LogP contribution in [0.4, 0.5) is 0 Å². The van der Waals surface area contributed by atoms with Gasteiger partial charge < -0.3 is 4.74 Å². The van der Waals surface area contributed by atoms with Crippen molar-refractivity contribution in [3.8, 4) is 0 Å². The first-order valence-electron chi connectivity index (χ1n) is 6.40. The molecule has 0 aromatic heterocycles. The lowest BCUT2D eigenvalue weighted by molar-refractivity contribution is 0.192. The molecule has 0 aliphatic rings. The Labute approximate surface area is 105 Å². The zero-order valence-electron chi connectivity index (χ0n) is 10.2. The van der Waals surface area contributed by atoms with E-state index >= 15 is 0 Å². The minimum atomic E-state index is 0. The summed E-state index contributed by atoms with van der Waals surface area (Å²) in [7, 11) is 1.79. The molecule has 102 valence electrons. The smallest absolute Gasteiger partial charge is 0.0462 e. The molecule has 0 saturated heterocycles. The van der Waals surface area contributed by atoms with E-state index in [2.05, 4.69) is 6.92 Å². The maximum atomic E-state index is 5.01. The summed E-state index contributed by atoms with van der Waals surface area (Å²) in [6.07, 6.45) is 14.0. The molecule has 0 aromatic rings. The maximum absolute atomic E-state index is 5.01. The summed E-state index contributed by atoms with van der Waals surface area (Å²) in [5.74, 6) is 0. The Morgan fingerprint density at radius 2 is 1.00 bits per heavy atom. The maximum Gasteiger partial charge on any atom is 0.0462 e. The van der Waals surface area contributed by atoms with E-state index in [4.69, 9.17) is 4.74 Å². The van der Waals surface area contributed by atoms with Gasteiger partial charge in [-0.1, -0.05) is 79.6 Å². The van der Waals surface area contributed by atoms with Crippen molar-refractivity contribution >= 4 is 0 Å². The standard InChI is InChI=1S/C13H28O.2CH4/c1-3-4-5-6-7-8-9-10-11-12-13-14-2;;/h3-13H2,1-2H3;2*1H4. The van der Waals surface area contributed by atoms with Crippen LogP contribution in [-0.2, 0) is 4.74 Å². The molecule has 0 spiro atoms. The van der Waals surface area contributed by atoms with E-state index in [0.29, 0.717) is 0 Å². The van der Waals surface area contributed by atoms with Crippen molar-refractivity contribution in [1.82, 2.24) is 0 Å². The van der Waals surface area contributed by atoms with Gasteiger partial charge in [-0.25, -0.2) is 0 Å². The second-order valence-electron chi connectivity index (χ2n) is 4.17. The van der Waals surface area contributed by atoms with E-state index in [1.807, 2.05) is 0 Å². The summed E-state index contributed by atoms with van der Waals surface area (Å²) in [5.41, 5.74) is 0. The van der Waals surface area contributed by atoms with E-state index in [-0.39, 0.29) is 14.9 Å². The fourth-order valence-corrected chi connectivity index (χ4v) is 1.73.